The lowest BCUT2D eigenvalue weighted by Crippen LogP contribution is -2.51. The lowest BCUT2D eigenvalue weighted by atomic mass is 9.80. The van der Waals surface area contributed by atoms with Crippen LogP contribution in [-0.4, -0.2) is 46.9 Å². The molecular formula is C17H32N2O. The van der Waals surface area contributed by atoms with E-state index >= 15 is 0 Å². The molecule has 1 unspecified atom stereocenters. The first-order valence-corrected chi connectivity index (χ1v) is 8.13. The Bertz CT molecular complexity index is 356. The van der Waals surface area contributed by atoms with Crippen molar-refractivity contribution >= 4 is 5.91 Å². The van der Waals surface area contributed by atoms with Crippen LogP contribution in [-0.2, 0) is 4.79 Å². The van der Waals surface area contributed by atoms with Gasteiger partial charge >= 0.3 is 0 Å². The fourth-order valence-corrected chi connectivity index (χ4v) is 3.51. The van der Waals surface area contributed by atoms with Gasteiger partial charge in [0.1, 0.15) is 0 Å². The molecule has 20 heavy (non-hydrogen) atoms. The van der Waals surface area contributed by atoms with Crippen LogP contribution < -0.4 is 0 Å². The minimum atomic E-state index is 0.247. The molecule has 0 aromatic carbocycles. The van der Waals surface area contributed by atoms with E-state index in [-0.39, 0.29) is 11.0 Å². The molecule has 2 aliphatic rings. The van der Waals surface area contributed by atoms with Crippen LogP contribution in [0.1, 0.15) is 60.8 Å². The van der Waals surface area contributed by atoms with Gasteiger partial charge in [0.2, 0.25) is 5.91 Å². The van der Waals surface area contributed by atoms with Crippen LogP contribution in [0.5, 0.6) is 0 Å². The average Bonchev–Trinajstić information content (AvgIpc) is 2.70. The van der Waals surface area contributed by atoms with Crippen molar-refractivity contribution in [3.63, 3.8) is 0 Å². The fourth-order valence-electron chi connectivity index (χ4n) is 3.51. The zero-order chi connectivity index (χ0) is 15.1. The summed E-state index contributed by atoms with van der Waals surface area (Å²) in [6.45, 7) is 16.8. The van der Waals surface area contributed by atoms with Crippen molar-refractivity contribution < 1.29 is 4.79 Å². The highest BCUT2D eigenvalue weighted by atomic mass is 16.2. The third-order valence-electron chi connectivity index (χ3n) is 5.24. The summed E-state index contributed by atoms with van der Waals surface area (Å²) in [7, 11) is 0. The lowest BCUT2D eigenvalue weighted by molar-refractivity contribution is -0.130. The number of hydrogen-bond donors (Lipinski definition) is 0. The number of likely N-dealkylation sites (tertiary alicyclic amines) is 2. The Hall–Kier alpha value is -0.570. The monoisotopic (exact) mass is 280 g/mol. The number of piperidine rings is 1. The molecule has 0 saturated carbocycles. The second-order valence-corrected chi connectivity index (χ2v) is 8.70. The van der Waals surface area contributed by atoms with Crippen molar-refractivity contribution in [1.29, 1.82) is 0 Å². The van der Waals surface area contributed by atoms with Crippen LogP contribution in [0.3, 0.4) is 0 Å². The Morgan fingerprint density at radius 2 is 1.55 bits per heavy atom. The molecule has 1 amide bonds. The Morgan fingerprint density at radius 3 is 1.95 bits per heavy atom. The third-order valence-corrected chi connectivity index (χ3v) is 5.24. The van der Waals surface area contributed by atoms with E-state index < -0.39 is 0 Å². The van der Waals surface area contributed by atoms with E-state index in [0.29, 0.717) is 17.9 Å². The summed E-state index contributed by atoms with van der Waals surface area (Å²) in [5.41, 5.74) is 0.504. The second-order valence-electron chi connectivity index (χ2n) is 8.70. The van der Waals surface area contributed by atoms with E-state index in [0.717, 1.165) is 38.9 Å². The van der Waals surface area contributed by atoms with Crippen LogP contribution in [0, 0.1) is 11.3 Å². The highest BCUT2D eigenvalue weighted by Gasteiger charge is 2.40. The van der Waals surface area contributed by atoms with Crippen molar-refractivity contribution in [2.75, 3.05) is 19.6 Å². The van der Waals surface area contributed by atoms with Crippen LogP contribution >= 0.6 is 0 Å². The molecule has 3 heteroatoms. The maximum Gasteiger partial charge on any atom is 0.223 e. The maximum absolute atomic E-state index is 12.3. The van der Waals surface area contributed by atoms with Crippen molar-refractivity contribution in [2.24, 2.45) is 11.3 Å². The number of amides is 1. The van der Waals surface area contributed by atoms with Crippen LogP contribution in [0.2, 0.25) is 0 Å². The molecule has 0 aliphatic carbocycles. The minimum Gasteiger partial charge on any atom is -0.339 e. The molecule has 2 fully saturated rings. The molecule has 1 atom stereocenters. The second kappa shape index (κ2) is 5.32. The number of hydrogen-bond acceptors (Lipinski definition) is 2. The SMILES string of the molecule is CC(C)(C)C1CC(=O)N(C2CCN(C(C)(C)C)CC2)C1. The molecule has 2 saturated heterocycles. The molecule has 0 N–H and O–H groups in total. The van der Waals surface area contributed by atoms with E-state index in [1.807, 2.05) is 0 Å². The van der Waals surface area contributed by atoms with Gasteiger partial charge in [0, 0.05) is 37.6 Å². The van der Waals surface area contributed by atoms with Crippen molar-refractivity contribution in [3.05, 3.63) is 0 Å². The molecule has 116 valence electrons. The summed E-state index contributed by atoms with van der Waals surface area (Å²) < 4.78 is 0. The standard InChI is InChI=1S/C17H32N2O/c1-16(2,3)13-11-15(20)19(12-13)14-7-9-18(10-8-14)17(4,5)6/h13-14H,7-12H2,1-6H3. The first-order valence-electron chi connectivity index (χ1n) is 8.13. The minimum absolute atomic E-state index is 0.247. The summed E-state index contributed by atoms with van der Waals surface area (Å²) in [5.74, 6) is 0.912. The summed E-state index contributed by atoms with van der Waals surface area (Å²) >= 11 is 0. The van der Waals surface area contributed by atoms with Crippen LogP contribution in [0.15, 0.2) is 0 Å². The number of carbonyl (C=O) groups is 1. The van der Waals surface area contributed by atoms with Gasteiger partial charge in [-0.05, 0) is 44.9 Å². The topological polar surface area (TPSA) is 23.6 Å². The Labute approximate surface area is 124 Å². The predicted molar refractivity (Wildman–Crippen MR) is 83.6 cm³/mol. The Balaban J connectivity index is 1.93. The van der Waals surface area contributed by atoms with Gasteiger partial charge in [-0.25, -0.2) is 0 Å². The highest BCUT2D eigenvalue weighted by molar-refractivity contribution is 5.79. The van der Waals surface area contributed by atoms with Gasteiger partial charge in [0.15, 0.2) is 0 Å². The quantitative estimate of drug-likeness (QED) is 0.736. The maximum atomic E-state index is 12.3. The van der Waals surface area contributed by atoms with Gasteiger partial charge in [-0.15, -0.1) is 0 Å². The first-order chi connectivity index (χ1) is 9.09. The van der Waals surface area contributed by atoms with Crippen molar-refractivity contribution in [3.8, 4) is 0 Å². The van der Waals surface area contributed by atoms with E-state index in [9.17, 15) is 4.79 Å². The predicted octanol–water partition coefficient (Wildman–Crippen LogP) is 3.14. The van der Waals surface area contributed by atoms with Crippen molar-refractivity contribution in [1.82, 2.24) is 9.80 Å². The van der Waals surface area contributed by atoms with Gasteiger partial charge in [-0.3, -0.25) is 9.69 Å². The van der Waals surface area contributed by atoms with E-state index in [1.54, 1.807) is 0 Å². The van der Waals surface area contributed by atoms with E-state index in [1.165, 1.54) is 0 Å². The summed E-state index contributed by atoms with van der Waals surface area (Å²) in [4.78, 5) is 17.1. The van der Waals surface area contributed by atoms with Gasteiger partial charge < -0.3 is 4.90 Å². The fraction of sp³-hybridized carbons (Fsp3) is 0.941. The number of rotatable bonds is 1. The zero-order valence-corrected chi connectivity index (χ0v) is 14.2. The van der Waals surface area contributed by atoms with Gasteiger partial charge in [-0.1, -0.05) is 20.8 Å². The molecule has 2 rings (SSSR count). The normalized spacial score (nSPS) is 27.4. The Kier molecular flexibility index (Phi) is 4.21. The summed E-state index contributed by atoms with van der Waals surface area (Å²) in [6, 6.07) is 0.480. The van der Waals surface area contributed by atoms with Crippen molar-refractivity contribution in [2.45, 2.75) is 72.4 Å². The molecule has 3 nitrogen and oxygen atoms in total. The summed E-state index contributed by atoms with van der Waals surface area (Å²) in [5, 5.41) is 0. The first kappa shape index (κ1) is 15.8. The number of carbonyl (C=O) groups excluding carboxylic acids is 1. The van der Waals surface area contributed by atoms with E-state index in [4.69, 9.17) is 0 Å². The Morgan fingerprint density at radius 1 is 1.00 bits per heavy atom. The van der Waals surface area contributed by atoms with Crippen LogP contribution in [0.25, 0.3) is 0 Å². The van der Waals surface area contributed by atoms with Crippen LogP contribution in [0.4, 0.5) is 0 Å². The molecule has 0 radical (unpaired) electrons. The molecule has 2 heterocycles. The lowest BCUT2D eigenvalue weighted by Gasteiger charge is -2.43. The average molecular weight is 280 g/mol. The molecule has 2 aliphatic heterocycles. The van der Waals surface area contributed by atoms with Gasteiger partial charge in [-0.2, -0.15) is 0 Å². The number of nitrogens with zero attached hydrogens (tertiary/aromatic N) is 2. The third kappa shape index (κ3) is 3.36. The highest BCUT2D eigenvalue weighted by Crippen LogP contribution is 2.36. The molecule has 0 bridgehead atoms. The summed E-state index contributed by atoms with van der Waals surface area (Å²) in [6.07, 6.45) is 3.03. The van der Waals surface area contributed by atoms with Gasteiger partial charge in [0.05, 0.1) is 0 Å². The van der Waals surface area contributed by atoms with Gasteiger partial charge in [0.25, 0.3) is 0 Å². The molecular weight excluding hydrogens is 248 g/mol. The zero-order valence-electron chi connectivity index (χ0n) is 14.2. The molecule has 0 aromatic heterocycles. The smallest absolute Gasteiger partial charge is 0.223 e. The van der Waals surface area contributed by atoms with E-state index in [2.05, 4.69) is 51.3 Å². The molecule has 0 aromatic rings. The largest absolute Gasteiger partial charge is 0.339 e. The molecule has 0 spiro atoms.